The molecule has 1 aliphatic heterocycles. The Bertz CT molecular complexity index is 572. The Hall–Kier alpha value is -2.11. The summed E-state index contributed by atoms with van der Waals surface area (Å²) in [5, 5.41) is 5.85. The van der Waals surface area contributed by atoms with Gasteiger partial charge in [0.05, 0.1) is 5.92 Å². The van der Waals surface area contributed by atoms with Crippen LogP contribution < -0.4 is 10.6 Å². The molecule has 3 amide bonds. The predicted molar refractivity (Wildman–Crippen MR) is 84.1 cm³/mol. The fourth-order valence-corrected chi connectivity index (χ4v) is 2.80. The maximum Gasteiger partial charge on any atom is 0.317 e. The quantitative estimate of drug-likeness (QED) is 0.892. The summed E-state index contributed by atoms with van der Waals surface area (Å²) in [7, 11) is 0. The van der Waals surface area contributed by atoms with Crippen molar-refractivity contribution < 1.29 is 14.0 Å². The van der Waals surface area contributed by atoms with Gasteiger partial charge in [-0.3, -0.25) is 4.79 Å². The van der Waals surface area contributed by atoms with Crippen LogP contribution in [0.1, 0.15) is 31.2 Å². The van der Waals surface area contributed by atoms with E-state index < -0.39 is 0 Å². The standard InChI is InChI=1S/C17H22FN3O2/c18-14-5-3-12(4-6-14)10-19-16(22)13-2-1-9-21(11-13)17(23)20-15-7-8-15/h3-6,13,15H,1-2,7-11H2,(H,19,22)(H,20,23). The molecule has 124 valence electrons. The first-order valence-electron chi connectivity index (χ1n) is 8.19. The molecule has 23 heavy (non-hydrogen) atoms. The summed E-state index contributed by atoms with van der Waals surface area (Å²) in [5.74, 6) is -0.503. The summed E-state index contributed by atoms with van der Waals surface area (Å²) >= 11 is 0. The van der Waals surface area contributed by atoms with E-state index in [4.69, 9.17) is 0 Å². The first-order valence-corrected chi connectivity index (χ1v) is 8.19. The molecule has 5 nitrogen and oxygen atoms in total. The second-order valence-corrected chi connectivity index (χ2v) is 6.35. The van der Waals surface area contributed by atoms with Crippen molar-refractivity contribution in [3.63, 3.8) is 0 Å². The minimum Gasteiger partial charge on any atom is -0.352 e. The molecule has 1 aromatic rings. The Kier molecular flexibility index (Phi) is 4.79. The van der Waals surface area contributed by atoms with Crippen molar-refractivity contribution >= 4 is 11.9 Å². The molecule has 1 unspecified atom stereocenters. The topological polar surface area (TPSA) is 61.4 Å². The number of carbonyl (C=O) groups excluding carboxylic acids is 2. The molecule has 1 aliphatic carbocycles. The highest BCUT2D eigenvalue weighted by Gasteiger charge is 2.31. The van der Waals surface area contributed by atoms with Gasteiger partial charge in [0, 0.05) is 25.7 Å². The number of nitrogens with one attached hydrogen (secondary N) is 2. The molecular weight excluding hydrogens is 297 g/mol. The van der Waals surface area contributed by atoms with Gasteiger partial charge in [0.2, 0.25) is 5.91 Å². The molecule has 6 heteroatoms. The molecule has 1 saturated carbocycles. The molecule has 2 aliphatic rings. The Morgan fingerprint density at radius 2 is 1.91 bits per heavy atom. The summed E-state index contributed by atoms with van der Waals surface area (Å²) in [6.07, 6.45) is 3.75. The van der Waals surface area contributed by atoms with Gasteiger partial charge in [-0.1, -0.05) is 12.1 Å². The van der Waals surface area contributed by atoms with E-state index in [9.17, 15) is 14.0 Å². The summed E-state index contributed by atoms with van der Waals surface area (Å²) in [4.78, 5) is 26.1. The van der Waals surface area contributed by atoms with Crippen LogP contribution in [-0.2, 0) is 11.3 Å². The van der Waals surface area contributed by atoms with Crippen molar-refractivity contribution in [3.8, 4) is 0 Å². The number of nitrogens with zero attached hydrogens (tertiary/aromatic N) is 1. The van der Waals surface area contributed by atoms with E-state index in [1.807, 2.05) is 0 Å². The first kappa shape index (κ1) is 15.8. The van der Waals surface area contributed by atoms with E-state index in [-0.39, 0.29) is 23.7 Å². The molecule has 1 heterocycles. The summed E-state index contributed by atoms with van der Waals surface area (Å²) in [5.41, 5.74) is 0.860. The van der Waals surface area contributed by atoms with Gasteiger partial charge in [0.25, 0.3) is 0 Å². The van der Waals surface area contributed by atoms with Crippen LogP contribution in [0.3, 0.4) is 0 Å². The third-order valence-corrected chi connectivity index (χ3v) is 4.36. The van der Waals surface area contributed by atoms with Gasteiger partial charge >= 0.3 is 6.03 Å². The number of hydrogen-bond acceptors (Lipinski definition) is 2. The lowest BCUT2D eigenvalue weighted by atomic mass is 9.97. The third-order valence-electron chi connectivity index (χ3n) is 4.36. The van der Waals surface area contributed by atoms with Crippen LogP contribution in [0, 0.1) is 11.7 Å². The van der Waals surface area contributed by atoms with E-state index in [2.05, 4.69) is 10.6 Å². The van der Waals surface area contributed by atoms with Crippen LogP contribution in [0.4, 0.5) is 9.18 Å². The van der Waals surface area contributed by atoms with E-state index in [0.29, 0.717) is 25.7 Å². The van der Waals surface area contributed by atoms with Crippen molar-refractivity contribution in [2.75, 3.05) is 13.1 Å². The van der Waals surface area contributed by atoms with E-state index in [1.54, 1.807) is 17.0 Å². The van der Waals surface area contributed by atoms with Gasteiger partial charge in [0.15, 0.2) is 0 Å². The molecule has 0 radical (unpaired) electrons. The molecule has 0 bridgehead atoms. The minimum atomic E-state index is -0.287. The van der Waals surface area contributed by atoms with Crippen molar-refractivity contribution in [2.24, 2.45) is 5.92 Å². The number of carbonyl (C=O) groups is 2. The number of piperidine rings is 1. The number of likely N-dealkylation sites (tertiary alicyclic amines) is 1. The molecule has 1 saturated heterocycles. The summed E-state index contributed by atoms with van der Waals surface area (Å²) in [6, 6.07) is 6.36. The van der Waals surface area contributed by atoms with Gasteiger partial charge in [-0.25, -0.2) is 9.18 Å². The fourth-order valence-electron chi connectivity index (χ4n) is 2.80. The van der Waals surface area contributed by atoms with Gasteiger partial charge in [0.1, 0.15) is 5.82 Å². The van der Waals surface area contributed by atoms with Crippen LogP contribution in [0.25, 0.3) is 0 Å². The SMILES string of the molecule is O=C(NCc1ccc(F)cc1)C1CCCN(C(=O)NC2CC2)C1. The molecular formula is C17H22FN3O2. The van der Waals surface area contributed by atoms with E-state index in [0.717, 1.165) is 31.2 Å². The van der Waals surface area contributed by atoms with Crippen LogP contribution >= 0.6 is 0 Å². The highest BCUT2D eigenvalue weighted by molar-refractivity contribution is 5.81. The van der Waals surface area contributed by atoms with Gasteiger partial charge < -0.3 is 15.5 Å². The maximum absolute atomic E-state index is 12.9. The van der Waals surface area contributed by atoms with Crippen LogP contribution in [0.15, 0.2) is 24.3 Å². The Morgan fingerprint density at radius 3 is 2.61 bits per heavy atom. The normalized spacial score (nSPS) is 20.9. The lowest BCUT2D eigenvalue weighted by molar-refractivity contribution is -0.126. The molecule has 1 aromatic carbocycles. The largest absolute Gasteiger partial charge is 0.352 e. The van der Waals surface area contributed by atoms with Crippen molar-refractivity contribution in [2.45, 2.75) is 38.3 Å². The van der Waals surface area contributed by atoms with E-state index in [1.165, 1.54) is 12.1 Å². The smallest absolute Gasteiger partial charge is 0.317 e. The number of urea groups is 1. The van der Waals surface area contributed by atoms with Crippen LogP contribution in [-0.4, -0.2) is 36.0 Å². The highest BCUT2D eigenvalue weighted by atomic mass is 19.1. The maximum atomic E-state index is 12.9. The second-order valence-electron chi connectivity index (χ2n) is 6.35. The summed E-state index contributed by atoms with van der Waals surface area (Å²) < 4.78 is 12.9. The van der Waals surface area contributed by atoms with Gasteiger partial charge in [-0.15, -0.1) is 0 Å². The van der Waals surface area contributed by atoms with E-state index >= 15 is 0 Å². The lowest BCUT2D eigenvalue weighted by Gasteiger charge is -2.32. The average Bonchev–Trinajstić information content (AvgIpc) is 3.38. The second kappa shape index (κ2) is 6.98. The monoisotopic (exact) mass is 319 g/mol. The van der Waals surface area contributed by atoms with Crippen LogP contribution in [0.2, 0.25) is 0 Å². The summed E-state index contributed by atoms with van der Waals surface area (Å²) in [6.45, 7) is 1.55. The molecule has 0 aromatic heterocycles. The predicted octanol–water partition coefficient (Wildman–Crippen LogP) is 2.03. The number of rotatable bonds is 4. The number of halogens is 1. The third kappa shape index (κ3) is 4.43. The zero-order valence-corrected chi connectivity index (χ0v) is 13.1. The van der Waals surface area contributed by atoms with Crippen LogP contribution in [0.5, 0.6) is 0 Å². The number of benzene rings is 1. The van der Waals surface area contributed by atoms with Crippen molar-refractivity contribution in [3.05, 3.63) is 35.6 Å². The molecule has 1 atom stereocenters. The highest BCUT2D eigenvalue weighted by Crippen LogP contribution is 2.21. The fraction of sp³-hybridized carbons (Fsp3) is 0.529. The molecule has 0 spiro atoms. The van der Waals surface area contributed by atoms with Crippen molar-refractivity contribution in [1.29, 1.82) is 0 Å². The first-order chi connectivity index (χ1) is 11.1. The zero-order chi connectivity index (χ0) is 16.2. The number of amides is 3. The van der Waals surface area contributed by atoms with Crippen molar-refractivity contribution in [1.82, 2.24) is 15.5 Å². The molecule has 3 rings (SSSR count). The number of hydrogen-bond donors (Lipinski definition) is 2. The molecule has 2 N–H and O–H groups in total. The zero-order valence-electron chi connectivity index (χ0n) is 13.1. The Labute approximate surface area is 135 Å². The van der Waals surface area contributed by atoms with Gasteiger partial charge in [-0.05, 0) is 43.4 Å². The Morgan fingerprint density at radius 1 is 1.17 bits per heavy atom. The molecule has 2 fully saturated rings. The minimum absolute atomic E-state index is 0.0433. The lowest BCUT2D eigenvalue weighted by Crippen LogP contribution is -2.49. The Balaban J connectivity index is 1.48. The average molecular weight is 319 g/mol. The van der Waals surface area contributed by atoms with Gasteiger partial charge in [-0.2, -0.15) is 0 Å².